The Balaban J connectivity index is 1.69. The van der Waals surface area contributed by atoms with E-state index in [4.69, 9.17) is 9.47 Å². The van der Waals surface area contributed by atoms with Gasteiger partial charge in [0.2, 0.25) is 0 Å². The van der Waals surface area contributed by atoms with Crippen LogP contribution in [-0.2, 0) is 4.74 Å². The van der Waals surface area contributed by atoms with E-state index in [9.17, 15) is 5.11 Å². The van der Waals surface area contributed by atoms with E-state index in [1.165, 1.54) is 0 Å². The molecule has 0 aliphatic carbocycles. The van der Waals surface area contributed by atoms with Crippen molar-refractivity contribution in [2.24, 2.45) is 0 Å². The molecule has 2 N–H and O–H groups in total. The number of ether oxygens (including phenoxy) is 2. The topological polar surface area (TPSA) is 50.7 Å². The number of benzene rings is 1. The number of rotatable bonds is 7. The molecule has 4 nitrogen and oxygen atoms in total. The fourth-order valence-corrected chi connectivity index (χ4v) is 2.59. The number of aliphatic hydroxyl groups excluding tert-OH is 1. The van der Waals surface area contributed by atoms with E-state index in [1.54, 1.807) is 0 Å². The second kappa shape index (κ2) is 7.25. The zero-order valence-electron chi connectivity index (χ0n) is 13.3. The lowest BCUT2D eigenvalue weighted by Gasteiger charge is -2.24. The largest absolute Gasteiger partial charge is 0.491 e. The van der Waals surface area contributed by atoms with Gasteiger partial charge in [0.25, 0.3) is 0 Å². The van der Waals surface area contributed by atoms with Gasteiger partial charge in [-0.05, 0) is 50.8 Å². The van der Waals surface area contributed by atoms with E-state index in [-0.39, 0.29) is 5.60 Å². The minimum Gasteiger partial charge on any atom is -0.491 e. The van der Waals surface area contributed by atoms with Gasteiger partial charge >= 0.3 is 0 Å². The van der Waals surface area contributed by atoms with E-state index in [1.807, 2.05) is 26.0 Å². The van der Waals surface area contributed by atoms with Crippen molar-refractivity contribution in [1.82, 2.24) is 5.32 Å². The van der Waals surface area contributed by atoms with E-state index < -0.39 is 6.10 Å². The van der Waals surface area contributed by atoms with E-state index in [2.05, 4.69) is 18.3 Å². The van der Waals surface area contributed by atoms with Crippen LogP contribution in [0.3, 0.4) is 0 Å². The van der Waals surface area contributed by atoms with Crippen LogP contribution in [-0.4, -0.2) is 43.1 Å². The van der Waals surface area contributed by atoms with Crippen molar-refractivity contribution in [3.63, 3.8) is 0 Å². The molecule has 4 heteroatoms. The highest BCUT2D eigenvalue weighted by Gasteiger charge is 2.29. The smallest absolute Gasteiger partial charge is 0.122 e. The van der Waals surface area contributed by atoms with Crippen LogP contribution < -0.4 is 10.1 Å². The van der Waals surface area contributed by atoms with E-state index >= 15 is 0 Å². The highest BCUT2D eigenvalue weighted by atomic mass is 16.5. The fourth-order valence-electron chi connectivity index (χ4n) is 2.59. The molecule has 1 aromatic rings. The molecule has 1 heterocycles. The lowest BCUT2D eigenvalue weighted by atomic mass is 10.0. The minimum atomic E-state index is -0.519. The molecule has 2 unspecified atom stereocenters. The first-order valence-electron chi connectivity index (χ1n) is 7.71. The normalized spacial score (nSPS) is 23.2. The first-order valence-corrected chi connectivity index (χ1v) is 7.71. The van der Waals surface area contributed by atoms with Gasteiger partial charge in [-0.15, -0.1) is 0 Å². The molecule has 1 aliphatic rings. The van der Waals surface area contributed by atoms with Crippen molar-refractivity contribution < 1.29 is 14.6 Å². The summed E-state index contributed by atoms with van der Waals surface area (Å²) in [5.41, 5.74) is 2.18. The zero-order valence-corrected chi connectivity index (χ0v) is 13.3. The Bertz CT molecular complexity index is 455. The fraction of sp³-hybridized carbons (Fsp3) is 0.647. The summed E-state index contributed by atoms with van der Waals surface area (Å²) in [4.78, 5) is 0. The Kier molecular flexibility index (Phi) is 5.62. The number of hydrogen-bond acceptors (Lipinski definition) is 4. The van der Waals surface area contributed by atoms with Crippen LogP contribution in [0.25, 0.3) is 0 Å². The Labute approximate surface area is 127 Å². The summed E-state index contributed by atoms with van der Waals surface area (Å²) in [6.45, 7) is 8.60. The molecule has 0 spiro atoms. The summed E-state index contributed by atoms with van der Waals surface area (Å²) in [7, 11) is 0. The van der Waals surface area contributed by atoms with Crippen LogP contribution in [0, 0.1) is 13.8 Å². The molecule has 0 saturated carbocycles. The molecule has 0 radical (unpaired) electrons. The highest BCUT2D eigenvalue weighted by Crippen LogP contribution is 2.23. The van der Waals surface area contributed by atoms with Gasteiger partial charge in [0.15, 0.2) is 0 Å². The average molecular weight is 293 g/mol. The highest BCUT2D eigenvalue weighted by molar-refractivity contribution is 5.35. The monoisotopic (exact) mass is 293 g/mol. The lowest BCUT2D eigenvalue weighted by molar-refractivity contribution is 0.0170. The minimum absolute atomic E-state index is 0.0757. The third kappa shape index (κ3) is 4.99. The van der Waals surface area contributed by atoms with Crippen LogP contribution >= 0.6 is 0 Å². The molecular weight excluding hydrogens is 266 g/mol. The Morgan fingerprint density at radius 2 is 2.24 bits per heavy atom. The predicted octanol–water partition coefficient (Wildman–Crippen LogP) is 2.20. The number of hydrogen-bond donors (Lipinski definition) is 2. The molecular formula is C17H27NO3. The molecule has 1 aromatic carbocycles. The summed E-state index contributed by atoms with van der Waals surface area (Å²) in [5.74, 6) is 0.847. The van der Waals surface area contributed by atoms with Crippen molar-refractivity contribution in [3.8, 4) is 5.75 Å². The first kappa shape index (κ1) is 16.3. The zero-order chi connectivity index (χ0) is 15.3. The average Bonchev–Trinajstić information content (AvgIpc) is 2.87. The summed E-state index contributed by atoms with van der Waals surface area (Å²) in [6.07, 6.45) is 1.68. The van der Waals surface area contributed by atoms with E-state index in [0.29, 0.717) is 13.2 Å². The molecule has 2 atom stereocenters. The van der Waals surface area contributed by atoms with Crippen molar-refractivity contribution in [3.05, 3.63) is 29.3 Å². The number of aliphatic hydroxyl groups is 1. The van der Waals surface area contributed by atoms with E-state index in [0.717, 1.165) is 42.9 Å². The van der Waals surface area contributed by atoms with Gasteiger partial charge < -0.3 is 19.9 Å². The predicted molar refractivity (Wildman–Crippen MR) is 83.9 cm³/mol. The van der Waals surface area contributed by atoms with Gasteiger partial charge in [-0.25, -0.2) is 0 Å². The van der Waals surface area contributed by atoms with Crippen LogP contribution in [0.1, 0.15) is 30.9 Å². The Morgan fingerprint density at radius 3 is 2.95 bits per heavy atom. The maximum atomic E-state index is 10.0. The third-order valence-electron chi connectivity index (χ3n) is 3.95. The molecule has 0 bridgehead atoms. The maximum Gasteiger partial charge on any atom is 0.122 e. The SMILES string of the molecule is Cc1ccc(C)c(OCC(O)CNCC2(C)CCCO2)c1. The van der Waals surface area contributed by atoms with Gasteiger partial charge in [-0.1, -0.05) is 12.1 Å². The van der Waals surface area contributed by atoms with Gasteiger partial charge in [-0.3, -0.25) is 0 Å². The quantitative estimate of drug-likeness (QED) is 0.809. The summed E-state index contributed by atoms with van der Waals surface area (Å²) in [5, 5.41) is 13.3. The van der Waals surface area contributed by atoms with Crippen molar-refractivity contribution in [1.29, 1.82) is 0 Å². The lowest BCUT2D eigenvalue weighted by Crippen LogP contribution is -2.41. The van der Waals surface area contributed by atoms with Crippen molar-refractivity contribution in [2.45, 2.75) is 45.3 Å². The van der Waals surface area contributed by atoms with Crippen LogP contribution in [0.2, 0.25) is 0 Å². The second-order valence-corrected chi connectivity index (χ2v) is 6.27. The molecule has 1 fully saturated rings. The molecule has 2 rings (SSSR count). The Hall–Kier alpha value is -1.10. The standard InChI is InChI=1S/C17H27NO3/c1-13-5-6-14(2)16(9-13)20-11-15(19)10-18-12-17(3)7-4-8-21-17/h5-6,9,15,18-19H,4,7-8,10-12H2,1-3H3. The van der Waals surface area contributed by atoms with Crippen LogP contribution in [0.15, 0.2) is 18.2 Å². The number of aryl methyl sites for hydroxylation is 2. The van der Waals surface area contributed by atoms with Gasteiger partial charge in [0.1, 0.15) is 18.5 Å². The number of nitrogens with one attached hydrogen (secondary N) is 1. The van der Waals surface area contributed by atoms with Crippen molar-refractivity contribution in [2.75, 3.05) is 26.3 Å². The third-order valence-corrected chi connectivity index (χ3v) is 3.95. The molecule has 118 valence electrons. The summed E-state index contributed by atoms with van der Waals surface area (Å²) in [6, 6.07) is 6.10. The summed E-state index contributed by atoms with van der Waals surface area (Å²) >= 11 is 0. The van der Waals surface area contributed by atoms with Gasteiger partial charge in [0, 0.05) is 19.7 Å². The van der Waals surface area contributed by atoms with Crippen LogP contribution in [0.4, 0.5) is 0 Å². The van der Waals surface area contributed by atoms with Gasteiger partial charge in [0.05, 0.1) is 5.60 Å². The summed E-state index contributed by atoms with van der Waals surface area (Å²) < 4.78 is 11.4. The molecule has 1 saturated heterocycles. The molecule has 21 heavy (non-hydrogen) atoms. The first-order chi connectivity index (χ1) is 9.98. The maximum absolute atomic E-state index is 10.0. The molecule has 1 aliphatic heterocycles. The Morgan fingerprint density at radius 1 is 1.43 bits per heavy atom. The molecule has 0 amide bonds. The van der Waals surface area contributed by atoms with Crippen LogP contribution in [0.5, 0.6) is 5.75 Å². The second-order valence-electron chi connectivity index (χ2n) is 6.27. The van der Waals surface area contributed by atoms with Crippen molar-refractivity contribution >= 4 is 0 Å². The van der Waals surface area contributed by atoms with Gasteiger partial charge in [-0.2, -0.15) is 0 Å². The molecule has 0 aromatic heterocycles.